The van der Waals surface area contributed by atoms with E-state index >= 15 is 0 Å². The van der Waals surface area contributed by atoms with Crippen LogP contribution < -0.4 is 0 Å². The van der Waals surface area contributed by atoms with Gasteiger partial charge in [-0.1, -0.05) is 6.07 Å². The Balaban J connectivity index is 3.32. The molecule has 1 aromatic carbocycles. The van der Waals surface area contributed by atoms with Crippen LogP contribution in [0.4, 0.5) is 13.2 Å². The molecule has 0 amide bonds. The van der Waals surface area contributed by atoms with Crippen LogP contribution in [0.3, 0.4) is 0 Å². The number of hydrogen-bond acceptors (Lipinski definition) is 1. The van der Waals surface area contributed by atoms with Gasteiger partial charge in [-0.15, -0.1) is 11.8 Å². The van der Waals surface area contributed by atoms with E-state index < -0.39 is 11.7 Å². The fourth-order valence-electron chi connectivity index (χ4n) is 0.950. The second-order valence-electron chi connectivity index (χ2n) is 2.31. The van der Waals surface area contributed by atoms with E-state index in [-0.39, 0.29) is 8.47 Å². The van der Waals surface area contributed by atoms with Crippen LogP contribution in [-0.4, -0.2) is 6.26 Å². The van der Waals surface area contributed by atoms with E-state index in [1.807, 2.05) is 0 Å². The van der Waals surface area contributed by atoms with Crippen molar-refractivity contribution in [3.8, 4) is 0 Å². The number of hydrogen-bond donors (Lipinski definition) is 0. The summed E-state index contributed by atoms with van der Waals surface area (Å²) >= 11 is 2.81. The summed E-state index contributed by atoms with van der Waals surface area (Å²) in [4.78, 5) is 0.277. The van der Waals surface area contributed by atoms with Crippen molar-refractivity contribution in [1.82, 2.24) is 0 Å². The Hall–Kier alpha value is 0.0900. The molecule has 0 nitrogen and oxygen atoms in total. The molecule has 5 heteroatoms. The van der Waals surface area contributed by atoms with Crippen LogP contribution in [0.25, 0.3) is 0 Å². The van der Waals surface area contributed by atoms with Gasteiger partial charge in [0.05, 0.1) is 5.56 Å². The van der Waals surface area contributed by atoms with E-state index in [2.05, 4.69) is 0 Å². The lowest BCUT2D eigenvalue weighted by atomic mass is 10.2. The summed E-state index contributed by atoms with van der Waals surface area (Å²) in [5, 5.41) is 0. The van der Waals surface area contributed by atoms with E-state index in [4.69, 9.17) is 0 Å². The first-order valence-corrected chi connectivity index (χ1v) is 5.67. The van der Waals surface area contributed by atoms with Crippen molar-refractivity contribution in [3.05, 3.63) is 27.3 Å². The summed E-state index contributed by atoms with van der Waals surface area (Å²) in [6, 6.07) is 4.57. The average molecular weight is 318 g/mol. The molecule has 0 bridgehead atoms. The second kappa shape index (κ2) is 4.08. The van der Waals surface area contributed by atoms with Gasteiger partial charge in [-0.2, -0.15) is 13.2 Å². The summed E-state index contributed by atoms with van der Waals surface area (Å²) in [5.74, 6) is 0. The number of alkyl halides is 3. The standard InChI is InChI=1S/C8H6F3IS/c1-13-6-4-2-3-5(12)7(6)8(9,10)11/h2-4H,1H3. The molecule has 0 aliphatic rings. The maximum atomic E-state index is 12.5. The molecular weight excluding hydrogens is 312 g/mol. The van der Waals surface area contributed by atoms with Crippen LogP contribution in [-0.2, 0) is 6.18 Å². The van der Waals surface area contributed by atoms with E-state index in [1.165, 1.54) is 12.1 Å². The van der Waals surface area contributed by atoms with Crippen molar-refractivity contribution < 1.29 is 13.2 Å². The molecule has 0 saturated heterocycles. The van der Waals surface area contributed by atoms with Crippen molar-refractivity contribution in [1.29, 1.82) is 0 Å². The van der Waals surface area contributed by atoms with Crippen molar-refractivity contribution >= 4 is 34.4 Å². The topological polar surface area (TPSA) is 0 Å². The highest BCUT2D eigenvalue weighted by molar-refractivity contribution is 14.1. The molecule has 1 rings (SSSR count). The molecule has 0 aliphatic heterocycles. The molecule has 0 spiro atoms. The minimum atomic E-state index is -4.25. The molecule has 0 unspecified atom stereocenters. The molecule has 0 atom stereocenters. The van der Waals surface area contributed by atoms with Gasteiger partial charge in [-0.3, -0.25) is 0 Å². The molecule has 0 heterocycles. The molecule has 1 aromatic rings. The van der Waals surface area contributed by atoms with Crippen LogP contribution in [0, 0.1) is 3.57 Å². The Labute approximate surface area is 92.0 Å². The Morgan fingerprint density at radius 1 is 1.31 bits per heavy atom. The molecule has 0 radical (unpaired) electrons. The Morgan fingerprint density at radius 3 is 2.31 bits per heavy atom. The lowest BCUT2D eigenvalue weighted by molar-refractivity contribution is -0.140. The fourth-order valence-corrected chi connectivity index (χ4v) is 2.58. The maximum Gasteiger partial charge on any atom is 0.418 e. The monoisotopic (exact) mass is 318 g/mol. The zero-order chi connectivity index (χ0) is 10.1. The lowest BCUT2D eigenvalue weighted by Crippen LogP contribution is -2.09. The van der Waals surface area contributed by atoms with Crippen molar-refractivity contribution in [3.63, 3.8) is 0 Å². The molecule has 0 N–H and O–H groups in total. The molecular formula is C8H6F3IS. The predicted octanol–water partition coefficient (Wildman–Crippen LogP) is 4.03. The molecule has 13 heavy (non-hydrogen) atoms. The normalized spacial score (nSPS) is 11.8. The van der Waals surface area contributed by atoms with Gasteiger partial charge in [0.2, 0.25) is 0 Å². The maximum absolute atomic E-state index is 12.5. The van der Waals surface area contributed by atoms with Crippen molar-refractivity contribution in [2.75, 3.05) is 6.26 Å². The molecule has 0 aromatic heterocycles. The zero-order valence-electron chi connectivity index (χ0n) is 6.65. The fraction of sp³-hybridized carbons (Fsp3) is 0.250. The number of halogens is 4. The SMILES string of the molecule is CSc1cccc(I)c1C(F)(F)F. The quantitative estimate of drug-likeness (QED) is 0.556. The largest absolute Gasteiger partial charge is 0.418 e. The van der Waals surface area contributed by atoms with Crippen LogP contribution in [0.2, 0.25) is 0 Å². The summed E-state index contributed by atoms with van der Waals surface area (Å²) in [5.41, 5.74) is -0.525. The minimum absolute atomic E-state index is 0.247. The number of rotatable bonds is 1. The lowest BCUT2D eigenvalue weighted by Gasteiger charge is -2.12. The van der Waals surface area contributed by atoms with Gasteiger partial charge in [-0.05, 0) is 41.0 Å². The van der Waals surface area contributed by atoms with Gasteiger partial charge in [0.25, 0.3) is 0 Å². The highest BCUT2D eigenvalue weighted by atomic mass is 127. The third kappa shape index (κ3) is 2.52. The van der Waals surface area contributed by atoms with E-state index in [1.54, 1.807) is 34.9 Å². The Bertz CT molecular complexity index is 309. The molecule has 0 saturated carbocycles. The van der Waals surface area contributed by atoms with Crippen LogP contribution in [0.1, 0.15) is 5.56 Å². The first-order chi connectivity index (χ1) is 5.96. The van der Waals surface area contributed by atoms with E-state index in [0.717, 1.165) is 11.8 Å². The van der Waals surface area contributed by atoms with Gasteiger partial charge >= 0.3 is 6.18 Å². The molecule has 72 valence electrons. The number of thioether (sulfide) groups is 1. The minimum Gasteiger partial charge on any atom is -0.166 e. The first-order valence-electron chi connectivity index (χ1n) is 3.36. The predicted molar refractivity (Wildman–Crippen MR) is 55.9 cm³/mol. The van der Waals surface area contributed by atoms with Crippen LogP contribution >= 0.6 is 34.4 Å². The van der Waals surface area contributed by atoms with Crippen molar-refractivity contribution in [2.45, 2.75) is 11.1 Å². The third-order valence-corrected chi connectivity index (χ3v) is 3.16. The number of benzene rings is 1. The summed E-state index contributed by atoms with van der Waals surface area (Å²) in [7, 11) is 0. The third-order valence-electron chi connectivity index (χ3n) is 1.48. The van der Waals surface area contributed by atoms with E-state index in [0.29, 0.717) is 0 Å². The van der Waals surface area contributed by atoms with E-state index in [9.17, 15) is 13.2 Å². The van der Waals surface area contributed by atoms with Crippen molar-refractivity contribution in [2.24, 2.45) is 0 Å². The summed E-state index contributed by atoms with van der Waals surface area (Å²) < 4.78 is 37.7. The van der Waals surface area contributed by atoms with Gasteiger partial charge in [0.1, 0.15) is 0 Å². The molecule has 0 fully saturated rings. The molecule has 0 aliphatic carbocycles. The summed E-state index contributed by atoms with van der Waals surface area (Å²) in [6.45, 7) is 0. The Kier molecular flexibility index (Phi) is 3.50. The van der Waals surface area contributed by atoms with Crippen LogP contribution in [0.15, 0.2) is 23.1 Å². The highest BCUT2D eigenvalue weighted by Gasteiger charge is 2.35. The van der Waals surface area contributed by atoms with Gasteiger partial charge < -0.3 is 0 Å². The van der Waals surface area contributed by atoms with Gasteiger partial charge in [0.15, 0.2) is 0 Å². The average Bonchev–Trinajstić information content (AvgIpc) is 2.01. The Morgan fingerprint density at radius 2 is 1.92 bits per heavy atom. The zero-order valence-corrected chi connectivity index (χ0v) is 9.63. The second-order valence-corrected chi connectivity index (χ2v) is 4.33. The van der Waals surface area contributed by atoms with Gasteiger partial charge in [0, 0.05) is 8.47 Å². The first kappa shape index (κ1) is 11.2. The summed E-state index contributed by atoms with van der Waals surface area (Å²) in [6.07, 6.45) is -2.61. The highest BCUT2D eigenvalue weighted by Crippen LogP contribution is 2.38. The smallest absolute Gasteiger partial charge is 0.166 e. The van der Waals surface area contributed by atoms with Crippen LogP contribution in [0.5, 0.6) is 0 Å². The van der Waals surface area contributed by atoms with Gasteiger partial charge in [-0.25, -0.2) is 0 Å².